The van der Waals surface area contributed by atoms with Crippen molar-refractivity contribution in [3.8, 4) is 0 Å². The summed E-state index contributed by atoms with van der Waals surface area (Å²) in [5.74, 6) is 0. The summed E-state index contributed by atoms with van der Waals surface area (Å²) in [4.78, 5) is 17.8. The fraction of sp³-hybridized carbons (Fsp3) is 0.667. The summed E-state index contributed by atoms with van der Waals surface area (Å²) in [6.07, 6.45) is 5.88. The van der Waals surface area contributed by atoms with E-state index in [2.05, 4.69) is 20.9 Å². The van der Waals surface area contributed by atoms with E-state index in [4.69, 9.17) is 4.74 Å². The molecule has 1 fully saturated rings. The molecule has 0 radical (unpaired) electrons. The van der Waals surface area contributed by atoms with Gasteiger partial charge in [-0.25, -0.2) is 4.79 Å². The number of H-pyrrole nitrogens is 1. The summed E-state index contributed by atoms with van der Waals surface area (Å²) >= 11 is 3.63. The average molecular weight is 341 g/mol. The van der Waals surface area contributed by atoms with E-state index in [1.807, 2.05) is 31.9 Å². The van der Waals surface area contributed by atoms with Crippen molar-refractivity contribution in [2.24, 2.45) is 0 Å². The first-order chi connectivity index (χ1) is 9.33. The minimum atomic E-state index is -0.447. The summed E-state index contributed by atoms with van der Waals surface area (Å²) in [6.45, 7) is 6.48. The Balaban J connectivity index is 1.94. The Kier molecular flexibility index (Phi) is 3.16. The smallest absolute Gasteiger partial charge is 0.411 e. The van der Waals surface area contributed by atoms with E-state index in [-0.39, 0.29) is 11.6 Å². The molecule has 1 aromatic rings. The Labute approximate surface area is 128 Å². The number of aromatic amines is 1. The van der Waals surface area contributed by atoms with E-state index >= 15 is 0 Å². The Morgan fingerprint density at radius 1 is 1.45 bits per heavy atom. The molecule has 1 aromatic heterocycles. The molecule has 5 heteroatoms. The summed E-state index contributed by atoms with van der Waals surface area (Å²) in [7, 11) is 0. The Hall–Kier alpha value is -0.970. The molecule has 0 atom stereocenters. The van der Waals surface area contributed by atoms with Gasteiger partial charge in [0.2, 0.25) is 0 Å². The molecule has 4 nitrogen and oxygen atoms in total. The Morgan fingerprint density at radius 2 is 2.15 bits per heavy atom. The molecular formula is C15H21BrN2O2. The third-order valence-electron chi connectivity index (χ3n) is 4.28. The number of aromatic nitrogens is 1. The highest BCUT2D eigenvalue weighted by molar-refractivity contribution is 9.10. The third kappa shape index (κ3) is 2.07. The van der Waals surface area contributed by atoms with Crippen LogP contribution in [0.5, 0.6) is 0 Å². The molecule has 1 saturated carbocycles. The number of nitrogens with zero attached hydrogens (tertiary/aromatic N) is 1. The number of fused-ring (bicyclic) bond motifs is 2. The molecule has 1 N–H and O–H groups in total. The van der Waals surface area contributed by atoms with E-state index < -0.39 is 5.60 Å². The zero-order chi connectivity index (χ0) is 14.5. The average Bonchev–Trinajstić information content (AvgIpc) is 2.66. The minimum Gasteiger partial charge on any atom is -0.444 e. The largest absolute Gasteiger partial charge is 0.444 e. The molecule has 1 amide bonds. The van der Waals surface area contributed by atoms with Gasteiger partial charge in [0.15, 0.2) is 0 Å². The van der Waals surface area contributed by atoms with Crippen LogP contribution < -0.4 is 0 Å². The topological polar surface area (TPSA) is 45.3 Å². The van der Waals surface area contributed by atoms with Gasteiger partial charge in [-0.2, -0.15) is 0 Å². The van der Waals surface area contributed by atoms with Gasteiger partial charge in [-0.05, 0) is 56.0 Å². The summed E-state index contributed by atoms with van der Waals surface area (Å²) in [6, 6.07) is 0. The van der Waals surface area contributed by atoms with Gasteiger partial charge < -0.3 is 9.72 Å². The van der Waals surface area contributed by atoms with Crippen molar-refractivity contribution in [1.29, 1.82) is 0 Å². The van der Waals surface area contributed by atoms with Crippen molar-refractivity contribution >= 4 is 22.0 Å². The van der Waals surface area contributed by atoms with Crippen LogP contribution >= 0.6 is 15.9 Å². The van der Waals surface area contributed by atoms with E-state index in [0.717, 1.165) is 36.7 Å². The molecule has 3 rings (SSSR count). The lowest BCUT2D eigenvalue weighted by Crippen LogP contribution is -2.58. The molecule has 0 saturated heterocycles. The van der Waals surface area contributed by atoms with Gasteiger partial charge in [-0.1, -0.05) is 0 Å². The maximum Gasteiger partial charge on any atom is 0.411 e. The molecule has 20 heavy (non-hydrogen) atoms. The summed E-state index contributed by atoms with van der Waals surface area (Å²) in [5, 5.41) is 0. The lowest BCUT2D eigenvalue weighted by molar-refractivity contribution is -0.0342. The third-order valence-corrected chi connectivity index (χ3v) is 4.90. The maximum absolute atomic E-state index is 12.5. The molecule has 0 bridgehead atoms. The second-order valence-corrected chi connectivity index (χ2v) is 7.61. The SMILES string of the molecule is CC(C)(C)OC(=O)N1CCc2[nH]cc(Br)c2C12CCC2. The number of halogens is 1. The van der Waals surface area contributed by atoms with Gasteiger partial charge in [-0.3, -0.25) is 4.90 Å². The van der Waals surface area contributed by atoms with Gasteiger partial charge in [0.25, 0.3) is 0 Å². The van der Waals surface area contributed by atoms with Crippen molar-refractivity contribution in [3.05, 3.63) is 21.9 Å². The van der Waals surface area contributed by atoms with Crippen LogP contribution in [0.25, 0.3) is 0 Å². The fourth-order valence-electron chi connectivity index (χ4n) is 3.33. The molecule has 0 aromatic carbocycles. The zero-order valence-electron chi connectivity index (χ0n) is 12.3. The van der Waals surface area contributed by atoms with Crippen molar-refractivity contribution in [2.75, 3.05) is 6.54 Å². The second kappa shape index (κ2) is 4.52. The van der Waals surface area contributed by atoms with Crippen LogP contribution in [0.1, 0.15) is 51.3 Å². The number of rotatable bonds is 0. The minimum absolute atomic E-state index is 0.158. The standard InChI is InChI=1S/C15H21BrN2O2/c1-14(2,3)20-13(19)18-8-5-11-12(10(16)9-17-11)15(18)6-4-7-15/h9,17H,4-8H2,1-3H3. The fourth-order valence-corrected chi connectivity index (χ4v) is 4.05. The number of amides is 1. The van der Waals surface area contributed by atoms with Crippen LogP contribution in [-0.4, -0.2) is 28.1 Å². The normalized spacial score (nSPS) is 20.5. The molecule has 2 aliphatic rings. The number of ether oxygens (including phenoxy) is 1. The molecule has 0 unspecified atom stereocenters. The monoisotopic (exact) mass is 340 g/mol. The van der Waals surface area contributed by atoms with Crippen LogP contribution in [-0.2, 0) is 16.7 Å². The lowest BCUT2D eigenvalue weighted by atomic mass is 9.68. The van der Waals surface area contributed by atoms with Crippen LogP contribution in [0.15, 0.2) is 10.7 Å². The summed E-state index contributed by atoms with van der Waals surface area (Å²) < 4.78 is 6.69. The first kappa shape index (κ1) is 14.0. The van der Waals surface area contributed by atoms with Crippen LogP contribution in [0, 0.1) is 0 Å². The first-order valence-electron chi connectivity index (χ1n) is 7.20. The van der Waals surface area contributed by atoms with E-state index in [0.29, 0.717) is 0 Å². The Bertz CT molecular complexity index is 541. The highest BCUT2D eigenvalue weighted by atomic mass is 79.9. The van der Waals surface area contributed by atoms with Gasteiger partial charge in [0.05, 0.1) is 5.54 Å². The highest BCUT2D eigenvalue weighted by Crippen LogP contribution is 2.52. The van der Waals surface area contributed by atoms with E-state index in [1.54, 1.807) is 0 Å². The van der Waals surface area contributed by atoms with Crippen LogP contribution in [0.3, 0.4) is 0 Å². The van der Waals surface area contributed by atoms with Crippen molar-refractivity contribution < 1.29 is 9.53 Å². The molecule has 110 valence electrons. The number of hydrogen-bond acceptors (Lipinski definition) is 2. The molecule has 1 aliphatic carbocycles. The van der Waals surface area contributed by atoms with Crippen molar-refractivity contribution in [3.63, 3.8) is 0 Å². The van der Waals surface area contributed by atoms with Crippen molar-refractivity contribution in [1.82, 2.24) is 9.88 Å². The van der Waals surface area contributed by atoms with Gasteiger partial charge in [-0.15, -0.1) is 0 Å². The number of carbonyl (C=O) groups is 1. The van der Waals surface area contributed by atoms with Crippen LogP contribution in [0.2, 0.25) is 0 Å². The predicted molar refractivity (Wildman–Crippen MR) is 80.7 cm³/mol. The van der Waals surface area contributed by atoms with Gasteiger partial charge >= 0.3 is 6.09 Å². The van der Waals surface area contributed by atoms with E-state index in [1.165, 1.54) is 11.3 Å². The first-order valence-corrected chi connectivity index (χ1v) is 8.00. The second-order valence-electron chi connectivity index (χ2n) is 6.76. The zero-order valence-corrected chi connectivity index (χ0v) is 13.8. The number of carbonyl (C=O) groups excluding carboxylic acids is 1. The van der Waals surface area contributed by atoms with E-state index in [9.17, 15) is 4.79 Å². The lowest BCUT2D eigenvalue weighted by Gasteiger charge is -2.52. The number of nitrogens with one attached hydrogen (secondary N) is 1. The molecule has 2 heterocycles. The van der Waals surface area contributed by atoms with Gasteiger partial charge in [0.1, 0.15) is 5.60 Å². The highest BCUT2D eigenvalue weighted by Gasteiger charge is 2.51. The van der Waals surface area contributed by atoms with Crippen molar-refractivity contribution in [2.45, 2.75) is 57.6 Å². The van der Waals surface area contributed by atoms with Crippen LogP contribution in [0.4, 0.5) is 4.79 Å². The summed E-state index contributed by atoms with van der Waals surface area (Å²) in [5.41, 5.74) is 1.92. The predicted octanol–water partition coefficient (Wildman–Crippen LogP) is 3.95. The number of hydrogen-bond donors (Lipinski definition) is 1. The molecule has 1 spiro atoms. The molecular weight excluding hydrogens is 320 g/mol. The quantitative estimate of drug-likeness (QED) is 0.777. The maximum atomic E-state index is 12.5. The Morgan fingerprint density at radius 3 is 2.70 bits per heavy atom. The molecule has 1 aliphatic heterocycles. The van der Waals surface area contributed by atoms with Gasteiger partial charge in [0, 0.05) is 34.9 Å².